The van der Waals surface area contributed by atoms with Crippen molar-refractivity contribution in [1.82, 2.24) is 4.31 Å². The van der Waals surface area contributed by atoms with Gasteiger partial charge in [0.05, 0.1) is 18.7 Å². The number of hydrogen-bond donors (Lipinski definition) is 1. The molecule has 2 rings (SSSR count). The van der Waals surface area contributed by atoms with Crippen LogP contribution < -0.4 is 0 Å². The summed E-state index contributed by atoms with van der Waals surface area (Å²) in [5, 5.41) is 8.97. The minimum absolute atomic E-state index is 0.176. The SMILES string of the molecule is C#CCN(CC1CC1)S(=O)(=O)c1ccc(F)c(CO)c1F. The summed E-state index contributed by atoms with van der Waals surface area (Å²) in [6, 6.07) is 1.68. The van der Waals surface area contributed by atoms with E-state index in [1.807, 2.05) is 0 Å². The van der Waals surface area contributed by atoms with Gasteiger partial charge < -0.3 is 5.11 Å². The van der Waals surface area contributed by atoms with Crippen molar-refractivity contribution in [2.24, 2.45) is 5.92 Å². The van der Waals surface area contributed by atoms with E-state index in [1.54, 1.807) is 0 Å². The third-order valence-corrected chi connectivity index (χ3v) is 5.18. The molecule has 4 nitrogen and oxygen atoms in total. The van der Waals surface area contributed by atoms with Crippen LogP contribution in [0.1, 0.15) is 18.4 Å². The summed E-state index contributed by atoms with van der Waals surface area (Å²) in [7, 11) is -4.16. The first-order valence-electron chi connectivity index (χ1n) is 6.43. The zero-order chi connectivity index (χ0) is 15.6. The Balaban J connectivity index is 2.44. The molecule has 0 amide bonds. The third kappa shape index (κ3) is 3.23. The van der Waals surface area contributed by atoms with Crippen molar-refractivity contribution in [1.29, 1.82) is 0 Å². The highest BCUT2D eigenvalue weighted by atomic mass is 32.2. The second kappa shape index (κ2) is 6.10. The molecule has 0 aromatic heterocycles. The van der Waals surface area contributed by atoms with E-state index in [2.05, 4.69) is 5.92 Å². The van der Waals surface area contributed by atoms with Crippen LogP contribution in [0, 0.1) is 29.9 Å². The second-order valence-electron chi connectivity index (χ2n) is 4.94. The first-order valence-corrected chi connectivity index (χ1v) is 7.87. The maximum atomic E-state index is 14.1. The molecule has 0 atom stereocenters. The minimum atomic E-state index is -4.16. The molecule has 1 aliphatic carbocycles. The highest BCUT2D eigenvalue weighted by Crippen LogP contribution is 2.32. The summed E-state index contributed by atoms with van der Waals surface area (Å²) in [4.78, 5) is -0.663. The van der Waals surface area contributed by atoms with Gasteiger partial charge in [-0.05, 0) is 30.9 Å². The molecule has 1 fully saturated rings. The average Bonchev–Trinajstić information content (AvgIpc) is 3.22. The van der Waals surface area contributed by atoms with Crippen molar-refractivity contribution in [3.05, 3.63) is 29.3 Å². The van der Waals surface area contributed by atoms with Gasteiger partial charge in [-0.25, -0.2) is 17.2 Å². The smallest absolute Gasteiger partial charge is 0.246 e. The quantitative estimate of drug-likeness (QED) is 0.809. The van der Waals surface area contributed by atoms with E-state index in [0.29, 0.717) is 0 Å². The first-order chi connectivity index (χ1) is 9.91. The van der Waals surface area contributed by atoms with Crippen molar-refractivity contribution < 1.29 is 22.3 Å². The molecule has 1 aromatic carbocycles. The number of benzene rings is 1. The molecule has 0 radical (unpaired) electrons. The van der Waals surface area contributed by atoms with Gasteiger partial charge in [0.1, 0.15) is 10.7 Å². The molecular formula is C14H15F2NO3S. The van der Waals surface area contributed by atoms with E-state index in [0.717, 1.165) is 29.3 Å². The van der Waals surface area contributed by atoms with Crippen molar-refractivity contribution >= 4 is 10.0 Å². The van der Waals surface area contributed by atoms with Gasteiger partial charge in [0.2, 0.25) is 10.0 Å². The maximum absolute atomic E-state index is 14.1. The Morgan fingerprint density at radius 2 is 2.05 bits per heavy atom. The van der Waals surface area contributed by atoms with Gasteiger partial charge in [-0.15, -0.1) is 6.42 Å². The molecule has 0 heterocycles. The lowest BCUT2D eigenvalue weighted by Gasteiger charge is -2.20. The fourth-order valence-electron chi connectivity index (χ4n) is 2.00. The third-order valence-electron chi connectivity index (χ3n) is 3.35. The van der Waals surface area contributed by atoms with Gasteiger partial charge in [-0.2, -0.15) is 4.31 Å². The van der Waals surface area contributed by atoms with Crippen LogP contribution in [0.15, 0.2) is 17.0 Å². The van der Waals surface area contributed by atoms with Crippen LogP contribution in [0.5, 0.6) is 0 Å². The van der Waals surface area contributed by atoms with Crippen LogP contribution >= 0.6 is 0 Å². The van der Waals surface area contributed by atoms with Crippen LogP contribution in [0.3, 0.4) is 0 Å². The number of aliphatic hydroxyl groups excluding tert-OH is 1. The first kappa shape index (κ1) is 15.9. The Hall–Kier alpha value is -1.49. The molecular weight excluding hydrogens is 300 g/mol. The lowest BCUT2D eigenvalue weighted by atomic mass is 10.2. The molecule has 1 N–H and O–H groups in total. The fourth-order valence-corrected chi connectivity index (χ4v) is 3.52. The normalized spacial score (nSPS) is 15.2. The zero-order valence-electron chi connectivity index (χ0n) is 11.2. The maximum Gasteiger partial charge on any atom is 0.246 e. The zero-order valence-corrected chi connectivity index (χ0v) is 12.0. The molecule has 1 aliphatic rings. The lowest BCUT2D eigenvalue weighted by Crippen LogP contribution is -2.34. The van der Waals surface area contributed by atoms with Gasteiger partial charge in [-0.1, -0.05) is 5.92 Å². The van der Waals surface area contributed by atoms with Gasteiger partial charge in [-0.3, -0.25) is 0 Å². The summed E-state index contributed by atoms with van der Waals surface area (Å²) in [6.45, 7) is -0.874. The van der Waals surface area contributed by atoms with Gasteiger partial charge in [0.25, 0.3) is 0 Å². The minimum Gasteiger partial charge on any atom is -0.391 e. The van der Waals surface area contributed by atoms with Gasteiger partial charge in [0, 0.05) is 6.54 Å². The monoisotopic (exact) mass is 315 g/mol. The highest BCUT2D eigenvalue weighted by molar-refractivity contribution is 7.89. The van der Waals surface area contributed by atoms with E-state index in [-0.39, 0.29) is 19.0 Å². The lowest BCUT2D eigenvalue weighted by molar-refractivity contribution is 0.267. The molecule has 0 saturated heterocycles. The molecule has 0 bridgehead atoms. The number of sulfonamides is 1. The fraction of sp³-hybridized carbons (Fsp3) is 0.429. The van der Waals surface area contributed by atoms with E-state index >= 15 is 0 Å². The summed E-state index contributed by atoms with van der Waals surface area (Å²) in [6.07, 6.45) is 6.98. The van der Waals surface area contributed by atoms with Crippen LogP contribution in [-0.4, -0.2) is 30.9 Å². The molecule has 1 aromatic rings. The van der Waals surface area contributed by atoms with Crippen molar-refractivity contribution in [3.63, 3.8) is 0 Å². The van der Waals surface area contributed by atoms with Crippen molar-refractivity contribution in [2.75, 3.05) is 13.1 Å². The highest BCUT2D eigenvalue weighted by Gasteiger charge is 2.33. The van der Waals surface area contributed by atoms with E-state index in [4.69, 9.17) is 11.5 Å². The van der Waals surface area contributed by atoms with Crippen LogP contribution in [-0.2, 0) is 16.6 Å². The van der Waals surface area contributed by atoms with E-state index in [9.17, 15) is 17.2 Å². The largest absolute Gasteiger partial charge is 0.391 e. The summed E-state index contributed by atoms with van der Waals surface area (Å²) in [5.74, 6) is 0.213. The molecule has 0 spiro atoms. The second-order valence-corrected chi connectivity index (χ2v) is 6.85. The Kier molecular flexibility index (Phi) is 4.61. The molecule has 7 heteroatoms. The van der Waals surface area contributed by atoms with Gasteiger partial charge in [0.15, 0.2) is 5.82 Å². The summed E-state index contributed by atoms with van der Waals surface area (Å²) >= 11 is 0. The number of halogens is 2. The molecule has 21 heavy (non-hydrogen) atoms. The number of terminal acetylenes is 1. The molecule has 0 aliphatic heterocycles. The summed E-state index contributed by atoms with van der Waals surface area (Å²) in [5.41, 5.74) is -0.664. The number of hydrogen-bond acceptors (Lipinski definition) is 3. The van der Waals surface area contributed by atoms with Crippen LogP contribution in [0.4, 0.5) is 8.78 Å². The standard InChI is InChI=1S/C14H15F2NO3S/c1-2-7-17(8-10-3-4-10)21(19,20)13-6-5-12(15)11(9-18)14(13)16/h1,5-6,10,18H,3-4,7-9H2. The van der Waals surface area contributed by atoms with Crippen LogP contribution in [0.2, 0.25) is 0 Å². The topological polar surface area (TPSA) is 57.6 Å². The Morgan fingerprint density at radius 1 is 1.38 bits per heavy atom. The number of nitrogens with zero attached hydrogens (tertiary/aromatic N) is 1. The predicted octanol–water partition coefficient (Wildman–Crippen LogP) is 1.49. The van der Waals surface area contributed by atoms with Crippen molar-refractivity contribution in [3.8, 4) is 12.3 Å². The Bertz CT molecular complexity index is 678. The molecule has 114 valence electrons. The van der Waals surface area contributed by atoms with Crippen molar-refractivity contribution in [2.45, 2.75) is 24.3 Å². The van der Waals surface area contributed by atoms with E-state index < -0.39 is 38.7 Å². The summed E-state index contributed by atoms with van der Waals surface area (Å²) < 4.78 is 53.4. The average molecular weight is 315 g/mol. The Morgan fingerprint density at radius 3 is 2.57 bits per heavy atom. The molecule has 0 unspecified atom stereocenters. The van der Waals surface area contributed by atoms with Crippen LogP contribution in [0.25, 0.3) is 0 Å². The Labute approximate surface area is 122 Å². The number of aliphatic hydroxyl groups is 1. The molecule has 1 saturated carbocycles. The predicted molar refractivity (Wildman–Crippen MR) is 72.6 cm³/mol. The van der Waals surface area contributed by atoms with Gasteiger partial charge >= 0.3 is 0 Å². The number of rotatable bonds is 6. The van der Waals surface area contributed by atoms with E-state index in [1.165, 1.54) is 0 Å².